The first-order valence-corrected chi connectivity index (χ1v) is 9.24. The molecule has 1 aromatic carbocycles. The molecule has 0 saturated carbocycles. The lowest BCUT2D eigenvalue weighted by Gasteiger charge is -2.25. The van der Waals surface area contributed by atoms with Gasteiger partial charge in [0.1, 0.15) is 29.1 Å². The van der Waals surface area contributed by atoms with Crippen molar-refractivity contribution in [1.82, 2.24) is 19.9 Å². The molecule has 0 spiro atoms. The molecule has 3 aromatic rings. The van der Waals surface area contributed by atoms with Crippen LogP contribution < -0.4 is 15.0 Å². The molecular weight excluding hydrogens is 375 g/mol. The van der Waals surface area contributed by atoms with E-state index in [0.29, 0.717) is 34.9 Å². The maximum Gasteiger partial charge on any atom is 0.256 e. The fourth-order valence-electron chi connectivity index (χ4n) is 3.30. The zero-order valence-electron chi connectivity index (χ0n) is 16.0. The van der Waals surface area contributed by atoms with Gasteiger partial charge in [-0.25, -0.2) is 18.7 Å². The van der Waals surface area contributed by atoms with Crippen LogP contribution in [0.25, 0.3) is 10.5 Å². The van der Waals surface area contributed by atoms with Crippen LogP contribution in [0.4, 0.5) is 15.9 Å². The van der Waals surface area contributed by atoms with E-state index in [1.807, 2.05) is 11.8 Å². The molecule has 3 heterocycles. The summed E-state index contributed by atoms with van der Waals surface area (Å²) in [6.07, 6.45) is 2.81. The van der Waals surface area contributed by atoms with Gasteiger partial charge in [0.05, 0.1) is 19.3 Å². The number of nitrogens with one attached hydrogen (secondary N) is 1. The Kier molecular flexibility index (Phi) is 4.76. The quantitative estimate of drug-likeness (QED) is 0.643. The summed E-state index contributed by atoms with van der Waals surface area (Å²) in [7, 11) is 0. The Balaban J connectivity index is 1.90. The third kappa shape index (κ3) is 3.33. The van der Waals surface area contributed by atoms with Crippen molar-refractivity contribution in [2.24, 2.45) is 0 Å². The standard InChI is InChI=1S/C20H19FN6O2/c1-4-26-11-14-16(6-5-15(21)18(14)22-3)29-12(2)9-23-20(28)13-10-24-27-8-7-17(26)25-19(13)27/h5-8,10,12H,4,9,11H2,1-2H3,(H,23,28)/t12-/m1/s1. The van der Waals surface area contributed by atoms with Crippen molar-refractivity contribution in [3.63, 3.8) is 0 Å². The number of carbonyl (C=O) groups excluding carboxylic acids is 1. The number of carbonyl (C=O) groups is 1. The number of amides is 1. The van der Waals surface area contributed by atoms with E-state index in [9.17, 15) is 9.18 Å². The molecule has 1 N–H and O–H groups in total. The van der Waals surface area contributed by atoms with Gasteiger partial charge in [-0.15, -0.1) is 0 Å². The molecule has 0 unspecified atom stereocenters. The minimum absolute atomic E-state index is 0.0711. The maximum atomic E-state index is 14.3. The van der Waals surface area contributed by atoms with Gasteiger partial charge in [0.15, 0.2) is 5.65 Å². The number of ether oxygens (including phenoxy) is 1. The van der Waals surface area contributed by atoms with Crippen molar-refractivity contribution in [1.29, 1.82) is 0 Å². The summed E-state index contributed by atoms with van der Waals surface area (Å²) < 4.78 is 21.8. The van der Waals surface area contributed by atoms with E-state index in [4.69, 9.17) is 11.3 Å². The van der Waals surface area contributed by atoms with Crippen LogP contribution in [0.5, 0.6) is 5.75 Å². The Morgan fingerprint density at radius 1 is 1.41 bits per heavy atom. The number of rotatable bonds is 1. The van der Waals surface area contributed by atoms with E-state index in [1.165, 1.54) is 22.8 Å². The first kappa shape index (κ1) is 18.7. The molecule has 0 saturated heterocycles. The minimum Gasteiger partial charge on any atom is -0.490 e. The van der Waals surface area contributed by atoms with E-state index in [2.05, 4.69) is 20.2 Å². The molecule has 2 aromatic heterocycles. The largest absolute Gasteiger partial charge is 0.490 e. The van der Waals surface area contributed by atoms with Crippen molar-refractivity contribution in [3.05, 3.63) is 59.0 Å². The zero-order chi connectivity index (χ0) is 20.5. The predicted octanol–water partition coefficient (Wildman–Crippen LogP) is 2.96. The zero-order valence-corrected chi connectivity index (χ0v) is 16.0. The average Bonchev–Trinajstić information content (AvgIpc) is 3.14. The molecule has 0 radical (unpaired) electrons. The smallest absolute Gasteiger partial charge is 0.256 e. The molecule has 148 valence electrons. The molecule has 8 nitrogen and oxygen atoms in total. The van der Waals surface area contributed by atoms with Crippen LogP contribution in [-0.2, 0) is 6.54 Å². The molecule has 1 aliphatic rings. The molecule has 9 heteroatoms. The van der Waals surface area contributed by atoms with Gasteiger partial charge in [-0.05, 0) is 32.0 Å². The van der Waals surface area contributed by atoms with E-state index in [-0.39, 0.29) is 30.8 Å². The monoisotopic (exact) mass is 394 g/mol. The number of hydrogen-bond donors (Lipinski definition) is 1. The molecule has 0 aliphatic carbocycles. The van der Waals surface area contributed by atoms with Crippen molar-refractivity contribution < 1.29 is 13.9 Å². The van der Waals surface area contributed by atoms with Crippen molar-refractivity contribution in [2.75, 3.05) is 18.0 Å². The summed E-state index contributed by atoms with van der Waals surface area (Å²) in [5, 5.41) is 7.00. The number of nitrogens with zero attached hydrogens (tertiary/aromatic N) is 5. The number of fused-ring (bicyclic) bond motifs is 2. The van der Waals surface area contributed by atoms with Crippen LogP contribution >= 0.6 is 0 Å². The lowest BCUT2D eigenvalue weighted by molar-refractivity contribution is 0.0933. The van der Waals surface area contributed by atoms with Gasteiger partial charge in [-0.3, -0.25) is 4.79 Å². The summed E-state index contributed by atoms with van der Waals surface area (Å²) in [6.45, 7) is 12.2. The Morgan fingerprint density at radius 2 is 2.24 bits per heavy atom. The molecule has 1 atom stereocenters. The van der Waals surface area contributed by atoms with Crippen LogP contribution in [0, 0.1) is 12.4 Å². The molecular formula is C20H19FN6O2. The highest BCUT2D eigenvalue weighted by Crippen LogP contribution is 2.34. The summed E-state index contributed by atoms with van der Waals surface area (Å²) in [5.41, 5.74) is 1.17. The maximum absolute atomic E-state index is 14.3. The predicted molar refractivity (Wildman–Crippen MR) is 105 cm³/mol. The lowest BCUT2D eigenvalue weighted by atomic mass is 10.1. The minimum atomic E-state index is -0.592. The van der Waals surface area contributed by atoms with Crippen LogP contribution in [0.3, 0.4) is 0 Å². The molecule has 2 bridgehead atoms. The number of benzene rings is 1. The molecule has 4 rings (SSSR count). The van der Waals surface area contributed by atoms with Gasteiger partial charge in [-0.2, -0.15) is 5.10 Å². The molecule has 1 amide bonds. The second-order valence-corrected chi connectivity index (χ2v) is 6.75. The summed E-state index contributed by atoms with van der Waals surface area (Å²) >= 11 is 0. The summed E-state index contributed by atoms with van der Waals surface area (Å²) in [4.78, 5) is 22.5. The second-order valence-electron chi connectivity index (χ2n) is 6.75. The third-order valence-electron chi connectivity index (χ3n) is 4.83. The van der Waals surface area contributed by atoms with Gasteiger partial charge in [0.2, 0.25) is 5.69 Å². The van der Waals surface area contributed by atoms with Crippen molar-refractivity contribution in [3.8, 4) is 5.75 Å². The normalized spacial score (nSPS) is 16.8. The van der Waals surface area contributed by atoms with E-state index < -0.39 is 5.82 Å². The van der Waals surface area contributed by atoms with Gasteiger partial charge in [0, 0.05) is 24.8 Å². The highest BCUT2D eigenvalue weighted by molar-refractivity contribution is 5.99. The topological polar surface area (TPSA) is 76.1 Å². The van der Waals surface area contributed by atoms with Gasteiger partial charge in [-0.1, -0.05) is 0 Å². The van der Waals surface area contributed by atoms with Crippen LogP contribution in [0.1, 0.15) is 29.8 Å². The highest BCUT2D eigenvalue weighted by atomic mass is 19.1. The molecule has 1 aliphatic heterocycles. The Morgan fingerprint density at radius 3 is 3.00 bits per heavy atom. The second kappa shape index (κ2) is 7.39. The van der Waals surface area contributed by atoms with E-state index in [1.54, 1.807) is 19.2 Å². The van der Waals surface area contributed by atoms with Crippen LogP contribution in [-0.4, -0.2) is 39.7 Å². The first-order valence-electron chi connectivity index (χ1n) is 9.24. The average molecular weight is 394 g/mol. The fraction of sp³-hybridized carbons (Fsp3) is 0.300. The summed E-state index contributed by atoms with van der Waals surface area (Å²) in [5.74, 6) is 0.114. The fourth-order valence-corrected chi connectivity index (χ4v) is 3.30. The van der Waals surface area contributed by atoms with Gasteiger partial charge in [0.25, 0.3) is 5.91 Å². The first-order chi connectivity index (χ1) is 14.0. The van der Waals surface area contributed by atoms with E-state index >= 15 is 0 Å². The Hall–Kier alpha value is -3.67. The number of hydrogen-bond acceptors (Lipinski definition) is 5. The molecule has 0 fully saturated rings. The van der Waals surface area contributed by atoms with E-state index in [0.717, 1.165) is 0 Å². The molecule has 29 heavy (non-hydrogen) atoms. The van der Waals surface area contributed by atoms with Crippen LogP contribution in [0.15, 0.2) is 30.6 Å². The van der Waals surface area contributed by atoms with Crippen molar-refractivity contribution >= 4 is 23.1 Å². The number of aromatic nitrogens is 3. The Bertz CT molecular complexity index is 1140. The van der Waals surface area contributed by atoms with Crippen molar-refractivity contribution in [2.45, 2.75) is 26.5 Å². The lowest BCUT2D eigenvalue weighted by Crippen LogP contribution is -2.33. The number of halogens is 1. The Labute approximate surface area is 166 Å². The SMILES string of the molecule is [C-]#[N+]c1c(F)ccc2c1CN(CC)c1ccn3ncc(c3n1)C(=O)NC[C@@H](C)O2. The van der Waals surface area contributed by atoms with Gasteiger partial charge < -0.3 is 15.0 Å². The number of anilines is 1. The summed E-state index contributed by atoms with van der Waals surface area (Å²) in [6, 6.07) is 4.52. The highest BCUT2D eigenvalue weighted by Gasteiger charge is 2.22. The third-order valence-corrected chi connectivity index (χ3v) is 4.83. The van der Waals surface area contributed by atoms with Gasteiger partial charge >= 0.3 is 0 Å². The van der Waals surface area contributed by atoms with Crippen LogP contribution in [0.2, 0.25) is 0 Å².